The van der Waals surface area contributed by atoms with Gasteiger partial charge < -0.3 is 10.6 Å². The Bertz CT molecular complexity index is 400. The molecule has 1 fully saturated rings. The molecule has 7 heteroatoms. The molecule has 1 saturated heterocycles. The van der Waals surface area contributed by atoms with Gasteiger partial charge in [0.15, 0.2) is 0 Å². The van der Waals surface area contributed by atoms with Crippen molar-refractivity contribution in [1.82, 2.24) is 15.6 Å². The number of aromatic nitrogens is 1. The second kappa shape index (κ2) is 8.59. The molecule has 1 aliphatic heterocycles. The lowest BCUT2D eigenvalue weighted by Gasteiger charge is -2.28. The van der Waals surface area contributed by atoms with Gasteiger partial charge in [-0.25, -0.2) is 4.98 Å². The Morgan fingerprint density at radius 3 is 2.79 bits per heavy atom. The molecule has 0 bridgehead atoms. The summed E-state index contributed by atoms with van der Waals surface area (Å²) >= 11 is 5.72. The highest BCUT2D eigenvalue weighted by molar-refractivity contribution is 6.30. The molecule has 108 valence electrons. The molecular formula is C12H18Cl3N3O. The van der Waals surface area contributed by atoms with Crippen molar-refractivity contribution in [1.29, 1.82) is 0 Å². The van der Waals surface area contributed by atoms with Gasteiger partial charge in [-0.1, -0.05) is 11.6 Å². The van der Waals surface area contributed by atoms with Crippen molar-refractivity contribution in [2.45, 2.75) is 31.8 Å². The van der Waals surface area contributed by atoms with Gasteiger partial charge in [-0.3, -0.25) is 4.79 Å². The number of pyridine rings is 1. The molecule has 2 rings (SSSR count). The summed E-state index contributed by atoms with van der Waals surface area (Å²) in [5.41, 5.74) is 0.417. The summed E-state index contributed by atoms with van der Waals surface area (Å²) in [6.07, 6.45) is 3.41. The molecule has 2 atom stereocenters. The smallest absolute Gasteiger partial charge is 0.270 e. The number of hydrogen-bond acceptors (Lipinski definition) is 3. The first kappa shape index (κ1) is 18.4. The number of piperidine rings is 1. The van der Waals surface area contributed by atoms with Crippen molar-refractivity contribution in [3.8, 4) is 0 Å². The number of halogens is 3. The van der Waals surface area contributed by atoms with Crippen LogP contribution in [0.4, 0.5) is 0 Å². The Labute approximate surface area is 130 Å². The van der Waals surface area contributed by atoms with E-state index in [0.717, 1.165) is 19.4 Å². The van der Waals surface area contributed by atoms with E-state index in [9.17, 15) is 4.79 Å². The summed E-state index contributed by atoms with van der Waals surface area (Å²) in [5.74, 6) is -0.124. The highest BCUT2D eigenvalue weighted by Crippen LogP contribution is 2.10. The summed E-state index contributed by atoms with van der Waals surface area (Å²) < 4.78 is 0. The summed E-state index contributed by atoms with van der Waals surface area (Å²) in [4.78, 5) is 15.9. The molecule has 2 heterocycles. The fourth-order valence-electron chi connectivity index (χ4n) is 2.03. The monoisotopic (exact) mass is 325 g/mol. The summed E-state index contributed by atoms with van der Waals surface area (Å²) in [6, 6.07) is 4.00. The van der Waals surface area contributed by atoms with E-state index in [1.165, 1.54) is 6.20 Å². The maximum Gasteiger partial charge on any atom is 0.270 e. The Morgan fingerprint density at radius 2 is 2.21 bits per heavy atom. The maximum atomic E-state index is 11.9. The van der Waals surface area contributed by atoms with Crippen LogP contribution in [-0.2, 0) is 0 Å². The molecule has 4 nitrogen and oxygen atoms in total. The van der Waals surface area contributed by atoms with Crippen LogP contribution in [0, 0.1) is 0 Å². The van der Waals surface area contributed by atoms with Crippen molar-refractivity contribution in [3.63, 3.8) is 0 Å². The Kier molecular flexibility index (Phi) is 8.34. The van der Waals surface area contributed by atoms with E-state index >= 15 is 0 Å². The minimum atomic E-state index is -0.124. The first-order valence-electron chi connectivity index (χ1n) is 5.81. The summed E-state index contributed by atoms with van der Waals surface area (Å²) in [7, 11) is 0. The molecule has 0 radical (unpaired) electrons. The number of amides is 1. The van der Waals surface area contributed by atoms with E-state index in [0.29, 0.717) is 16.8 Å². The van der Waals surface area contributed by atoms with Crippen LogP contribution in [0.25, 0.3) is 0 Å². The number of nitrogens with zero attached hydrogens (tertiary/aromatic N) is 1. The van der Waals surface area contributed by atoms with Crippen LogP contribution < -0.4 is 10.6 Å². The molecule has 1 amide bonds. The molecule has 0 aliphatic carbocycles. The van der Waals surface area contributed by atoms with Crippen LogP contribution in [0.15, 0.2) is 18.3 Å². The predicted octanol–water partition coefficient (Wildman–Crippen LogP) is 2.45. The molecule has 0 aromatic carbocycles. The molecule has 2 unspecified atom stereocenters. The maximum absolute atomic E-state index is 11.9. The summed E-state index contributed by atoms with van der Waals surface area (Å²) in [5, 5.41) is 6.89. The zero-order valence-corrected chi connectivity index (χ0v) is 12.9. The van der Waals surface area contributed by atoms with Gasteiger partial charge in [-0.2, -0.15) is 0 Å². The van der Waals surface area contributed by atoms with Crippen LogP contribution in [-0.4, -0.2) is 29.5 Å². The number of rotatable bonds is 2. The molecule has 1 aromatic rings. The van der Waals surface area contributed by atoms with Crippen LogP contribution in [0.2, 0.25) is 5.02 Å². The highest BCUT2D eigenvalue weighted by Gasteiger charge is 2.20. The van der Waals surface area contributed by atoms with E-state index in [2.05, 4.69) is 22.5 Å². The Balaban J connectivity index is 0.00000162. The lowest BCUT2D eigenvalue weighted by Crippen LogP contribution is -2.46. The molecule has 19 heavy (non-hydrogen) atoms. The second-order valence-electron chi connectivity index (χ2n) is 4.41. The van der Waals surface area contributed by atoms with E-state index < -0.39 is 0 Å². The Hall–Kier alpha value is -0.550. The van der Waals surface area contributed by atoms with Gasteiger partial charge in [0.1, 0.15) is 5.69 Å². The van der Waals surface area contributed by atoms with E-state index in [1.807, 2.05) is 0 Å². The standard InChI is InChI=1S/C12H16ClN3O.2ClH/c1-8-6-10(4-5-14-8)16-12(17)11-3-2-9(13)7-15-11;;/h2-3,7-8,10,14H,4-6H2,1H3,(H,16,17);2*1H. The van der Waals surface area contributed by atoms with Gasteiger partial charge in [0.2, 0.25) is 0 Å². The van der Waals surface area contributed by atoms with Gasteiger partial charge in [0.25, 0.3) is 5.91 Å². The average molecular weight is 327 g/mol. The van der Waals surface area contributed by atoms with E-state index in [1.54, 1.807) is 12.1 Å². The van der Waals surface area contributed by atoms with Crippen molar-refractivity contribution >= 4 is 42.3 Å². The van der Waals surface area contributed by atoms with Crippen LogP contribution in [0.3, 0.4) is 0 Å². The molecule has 1 aromatic heterocycles. The first-order chi connectivity index (χ1) is 8.15. The van der Waals surface area contributed by atoms with Crippen molar-refractivity contribution in [2.24, 2.45) is 0 Å². The number of hydrogen-bond donors (Lipinski definition) is 2. The minimum Gasteiger partial charge on any atom is -0.348 e. The van der Waals surface area contributed by atoms with E-state index in [4.69, 9.17) is 11.6 Å². The van der Waals surface area contributed by atoms with Crippen LogP contribution in [0.1, 0.15) is 30.3 Å². The summed E-state index contributed by atoms with van der Waals surface area (Å²) in [6.45, 7) is 3.07. The molecule has 0 saturated carbocycles. The predicted molar refractivity (Wildman–Crippen MR) is 81.7 cm³/mol. The van der Waals surface area contributed by atoms with Gasteiger partial charge in [0.05, 0.1) is 5.02 Å². The highest BCUT2D eigenvalue weighted by atomic mass is 35.5. The minimum absolute atomic E-state index is 0. The Morgan fingerprint density at radius 1 is 1.47 bits per heavy atom. The van der Waals surface area contributed by atoms with Gasteiger partial charge in [0, 0.05) is 18.3 Å². The third-order valence-corrected chi connectivity index (χ3v) is 3.14. The lowest BCUT2D eigenvalue weighted by atomic mass is 10.0. The topological polar surface area (TPSA) is 54.0 Å². The largest absolute Gasteiger partial charge is 0.348 e. The molecule has 0 spiro atoms. The fourth-order valence-corrected chi connectivity index (χ4v) is 2.14. The van der Waals surface area contributed by atoms with Gasteiger partial charge >= 0.3 is 0 Å². The first-order valence-corrected chi connectivity index (χ1v) is 6.19. The molecule has 1 aliphatic rings. The third-order valence-electron chi connectivity index (χ3n) is 2.92. The van der Waals surface area contributed by atoms with Crippen LogP contribution in [0.5, 0.6) is 0 Å². The lowest BCUT2D eigenvalue weighted by molar-refractivity contribution is 0.0920. The molecule has 2 N–H and O–H groups in total. The zero-order chi connectivity index (χ0) is 12.3. The quantitative estimate of drug-likeness (QED) is 0.878. The second-order valence-corrected chi connectivity index (χ2v) is 4.85. The zero-order valence-electron chi connectivity index (χ0n) is 10.6. The van der Waals surface area contributed by atoms with Crippen LogP contribution >= 0.6 is 36.4 Å². The SMILES string of the molecule is CC1CC(NC(=O)c2ccc(Cl)cn2)CCN1.Cl.Cl. The fraction of sp³-hybridized carbons (Fsp3) is 0.500. The number of carbonyl (C=O) groups excluding carboxylic acids is 1. The normalized spacial score (nSPS) is 21.8. The van der Waals surface area contributed by atoms with E-state index in [-0.39, 0.29) is 36.8 Å². The average Bonchev–Trinajstić information content (AvgIpc) is 2.29. The molecular weight excluding hydrogens is 309 g/mol. The van der Waals surface area contributed by atoms with Gasteiger partial charge in [-0.05, 0) is 38.4 Å². The third kappa shape index (κ3) is 5.53. The van der Waals surface area contributed by atoms with Crippen molar-refractivity contribution in [3.05, 3.63) is 29.0 Å². The van der Waals surface area contributed by atoms with Crippen molar-refractivity contribution < 1.29 is 4.79 Å². The van der Waals surface area contributed by atoms with Gasteiger partial charge in [-0.15, -0.1) is 24.8 Å². The number of carbonyl (C=O) groups is 1. The number of nitrogens with one attached hydrogen (secondary N) is 2. The van der Waals surface area contributed by atoms with Crippen molar-refractivity contribution in [2.75, 3.05) is 6.54 Å².